The molecule has 0 unspecified atom stereocenters. The number of fused-ring (bicyclic) bond motifs is 1. The summed E-state index contributed by atoms with van der Waals surface area (Å²) in [5, 5.41) is 10.2. The Morgan fingerprint density at radius 2 is 2.00 bits per heavy atom. The number of carbonyl (C=O) groups is 1. The van der Waals surface area contributed by atoms with Crippen LogP contribution in [0.25, 0.3) is 11.0 Å². The second-order valence-electron chi connectivity index (χ2n) is 4.31. The average molecular weight is 282 g/mol. The first-order valence-corrected chi connectivity index (χ1v) is 6.29. The van der Waals surface area contributed by atoms with Crippen molar-refractivity contribution in [1.29, 1.82) is 5.26 Å². The fourth-order valence-electron chi connectivity index (χ4n) is 2.00. The van der Waals surface area contributed by atoms with E-state index in [1.54, 1.807) is 48.5 Å². The van der Waals surface area contributed by atoms with E-state index in [0.29, 0.717) is 21.7 Å². The molecule has 20 heavy (non-hydrogen) atoms. The zero-order chi connectivity index (χ0) is 14.1. The predicted octanol–water partition coefficient (Wildman–Crippen LogP) is 4.19. The standard InChI is InChI=1S/C16H8ClNO2/c17-13-4-5-14-12(7-13)8-15(20-14)16(19)11-3-1-2-10(6-11)9-18/h1-8H. The van der Waals surface area contributed by atoms with Gasteiger partial charge in [-0.25, -0.2) is 0 Å². The minimum absolute atomic E-state index is 0.234. The highest BCUT2D eigenvalue weighted by Gasteiger charge is 2.15. The van der Waals surface area contributed by atoms with Gasteiger partial charge in [-0.05, 0) is 36.4 Å². The SMILES string of the molecule is N#Cc1cccc(C(=O)c2cc3cc(Cl)ccc3o2)c1. The first-order chi connectivity index (χ1) is 9.67. The van der Waals surface area contributed by atoms with Crippen molar-refractivity contribution < 1.29 is 9.21 Å². The van der Waals surface area contributed by atoms with Gasteiger partial charge in [0.1, 0.15) is 5.58 Å². The normalized spacial score (nSPS) is 10.4. The molecule has 3 aromatic rings. The van der Waals surface area contributed by atoms with Crippen molar-refractivity contribution in [3.8, 4) is 6.07 Å². The summed E-state index contributed by atoms with van der Waals surface area (Å²) in [6.07, 6.45) is 0. The molecule has 0 aliphatic heterocycles. The van der Waals surface area contributed by atoms with Crippen molar-refractivity contribution in [3.05, 3.63) is 70.4 Å². The highest BCUT2D eigenvalue weighted by Crippen LogP contribution is 2.24. The molecule has 1 heterocycles. The van der Waals surface area contributed by atoms with Gasteiger partial charge in [-0.1, -0.05) is 23.7 Å². The quantitative estimate of drug-likeness (QED) is 0.662. The van der Waals surface area contributed by atoms with Gasteiger partial charge in [-0.15, -0.1) is 0 Å². The van der Waals surface area contributed by atoms with Crippen LogP contribution in [0.15, 0.2) is 52.9 Å². The van der Waals surface area contributed by atoms with E-state index >= 15 is 0 Å². The maximum atomic E-state index is 12.3. The van der Waals surface area contributed by atoms with Crippen molar-refractivity contribution in [2.45, 2.75) is 0 Å². The second kappa shape index (κ2) is 4.84. The van der Waals surface area contributed by atoms with Crippen LogP contribution in [0.2, 0.25) is 5.02 Å². The van der Waals surface area contributed by atoms with E-state index in [0.717, 1.165) is 5.39 Å². The number of halogens is 1. The first-order valence-electron chi connectivity index (χ1n) is 5.91. The van der Waals surface area contributed by atoms with Crippen LogP contribution in [0, 0.1) is 11.3 Å². The van der Waals surface area contributed by atoms with Crippen molar-refractivity contribution >= 4 is 28.4 Å². The van der Waals surface area contributed by atoms with Crippen LogP contribution < -0.4 is 0 Å². The first kappa shape index (κ1) is 12.5. The molecule has 0 saturated carbocycles. The average Bonchev–Trinajstić information content (AvgIpc) is 2.89. The third-order valence-electron chi connectivity index (χ3n) is 2.96. The van der Waals surface area contributed by atoms with Crippen LogP contribution in [-0.4, -0.2) is 5.78 Å². The van der Waals surface area contributed by atoms with Crippen LogP contribution in [0.4, 0.5) is 0 Å². The summed E-state index contributed by atoms with van der Waals surface area (Å²) in [7, 11) is 0. The molecule has 0 bridgehead atoms. The molecule has 1 aromatic heterocycles. The molecule has 3 nitrogen and oxygen atoms in total. The van der Waals surface area contributed by atoms with Crippen LogP contribution in [0.1, 0.15) is 21.7 Å². The summed E-state index contributed by atoms with van der Waals surface area (Å²) in [5.74, 6) is -0.0215. The van der Waals surface area contributed by atoms with Gasteiger partial charge in [-0.2, -0.15) is 5.26 Å². The smallest absolute Gasteiger partial charge is 0.228 e. The number of hydrogen-bond acceptors (Lipinski definition) is 3. The Morgan fingerprint density at radius 3 is 2.80 bits per heavy atom. The summed E-state index contributed by atoms with van der Waals surface area (Å²) < 4.78 is 5.52. The Labute approximate surface area is 120 Å². The van der Waals surface area contributed by atoms with Gasteiger partial charge in [0.25, 0.3) is 0 Å². The minimum atomic E-state index is -0.255. The lowest BCUT2D eigenvalue weighted by molar-refractivity contribution is 0.101. The highest BCUT2D eigenvalue weighted by molar-refractivity contribution is 6.31. The summed E-state index contributed by atoms with van der Waals surface area (Å²) in [4.78, 5) is 12.3. The van der Waals surface area contributed by atoms with Gasteiger partial charge in [0.15, 0.2) is 5.76 Å². The molecule has 0 amide bonds. The van der Waals surface area contributed by atoms with Gasteiger partial charge >= 0.3 is 0 Å². The fourth-order valence-corrected chi connectivity index (χ4v) is 2.18. The molecular formula is C16H8ClNO2. The van der Waals surface area contributed by atoms with Crippen molar-refractivity contribution in [2.75, 3.05) is 0 Å². The summed E-state index contributed by atoms with van der Waals surface area (Å²) >= 11 is 5.90. The third kappa shape index (κ3) is 2.18. The molecule has 0 N–H and O–H groups in total. The Bertz CT molecular complexity index is 858. The third-order valence-corrected chi connectivity index (χ3v) is 3.19. The van der Waals surface area contributed by atoms with E-state index < -0.39 is 0 Å². The molecule has 0 aliphatic carbocycles. The van der Waals surface area contributed by atoms with Gasteiger partial charge in [0.05, 0.1) is 11.6 Å². The molecule has 0 fully saturated rings. The number of ketones is 1. The van der Waals surface area contributed by atoms with Gasteiger partial charge in [-0.3, -0.25) is 4.79 Å². The van der Waals surface area contributed by atoms with Gasteiger partial charge < -0.3 is 4.42 Å². The number of nitriles is 1. The van der Waals surface area contributed by atoms with Crippen LogP contribution in [-0.2, 0) is 0 Å². The van der Waals surface area contributed by atoms with E-state index in [1.165, 1.54) is 0 Å². The van der Waals surface area contributed by atoms with E-state index in [-0.39, 0.29) is 11.5 Å². The van der Waals surface area contributed by atoms with Crippen LogP contribution >= 0.6 is 11.6 Å². The lowest BCUT2D eigenvalue weighted by Crippen LogP contribution is -1.99. The summed E-state index contributed by atoms with van der Waals surface area (Å²) in [6, 6.07) is 15.4. The summed E-state index contributed by atoms with van der Waals surface area (Å²) in [5.41, 5.74) is 1.47. The molecule has 0 atom stereocenters. The predicted molar refractivity (Wildman–Crippen MR) is 75.8 cm³/mol. The summed E-state index contributed by atoms with van der Waals surface area (Å²) in [6.45, 7) is 0. The lowest BCUT2D eigenvalue weighted by Gasteiger charge is -1.97. The zero-order valence-electron chi connectivity index (χ0n) is 10.3. The van der Waals surface area contributed by atoms with Gasteiger partial charge in [0, 0.05) is 16.0 Å². The fraction of sp³-hybridized carbons (Fsp3) is 0. The molecule has 96 valence electrons. The Kier molecular flexibility index (Phi) is 3.02. The van der Waals surface area contributed by atoms with Crippen LogP contribution in [0.5, 0.6) is 0 Å². The molecule has 0 saturated heterocycles. The minimum Gasteiger partial charge on any atom is -0.453 e. The topological polar surface area (TPSA) is 54.0 Å². The zero-order valence-corrected chi connectivity index (χ0v) is 11.0. The molecule has 0 radical (unpaired) electrons. The molecule has 2 aromatic carbocycles. The van der Waals surface area contributed by atoms with Gasteiger partial charge in [0.2, 0.25) is 5.78 Å². The maximum absolute atomic E-state index is 12.3. The lowest BCUT2D eigenvalue weighted by atomic mass is 10.1. The molecule has 0 spiro atoms. The number of benzene rings is 2. The molecule has 4 heteroatoms. The number of hydrogen-bond donors (Lipinski definition) is 0. The number of furan rings is 1. The molecule has 3 rings (SSSR count). The largest absolute Gasteiger partial charge is 0.453 e. The number of rotatable bonds is 2. The monoisotopic (exact) mass is 281 g/mol. The second-order valence-corrected chi connectivity index (χ2v) is 4.75. The molecule has 0 aliphatic rings. The Balaban J connectivity index is 2.06. The van der Waals surface area contributed by atoms with Crippen LogP contribution in [0.3, 0.4) is 0 Å². The molecular weight excluding hydrogens is 274 g/mol. The van der Waals surface area contributed by atoms with Crippen molar-refractivity contribution in [1.82, 2.24) is 0 Å². The van der Waals surface area contributed by atoms with Crippen molar-refractivity contribution in [3.63, 3.8) is 0 Å². The number of carbonyl (C=O) groups excluding carboxylic acids is 1. The van der Waals surface area contributed by atoms with E-state index in [1.807, 2.05) is 6.07 Å². The van der Waals surface area contributed by atoms with Crippen molar-refractivity contribution in [2.24, 2.45) is 0 Å². The maximum Gasteiger partial charge on any atom is 0.228 e. The Hall–Kier alpha value is -2.57. The highest BCUT2D eigenvalue weighted by atomic mass is 35.5. The number of nitrogens with zero attached hydrogens (tertiary/aromatic N) is 1. The van der Waals surface area contributed by atoms with E-state index in [2.05, 4.69) is 0 Å². The Morgan fingerprint density at radius 1 is 1.15 bits per heavy atom. The van der Waals surface area contributed by atoms with E-state index in [4.69, 9.17) is 21.3 Å². The van der Waals surface area contributed by atoms with E-state index in [9.17, 15) is 4.79 Å².